The Labute approximate surface area is 155 Å². The molecule has 3 aromatic rings. The number of methoxy groups -OCH3 is 1. The van der Waals surface area contributed by atoms with Crippen LogP contribution in [0, 0.1) is 4.91 Å². The third kappa shape index (κ3) is 3.32. The fourth-order valence-electron chi connectivity index (χ4n) is 2.89. The summed E-state index contributed by atoms with van der Waals surface area (Å²) in [7, 11) is 1.57. The van der Waals surface area contributed by atoms with Crippen molar-refractivity contribution < 1.29 is 14.6 Å². The first kappa shape index (κ1) is 18.1. The largest absolute Gasteiger partial charge is 0.493 e. The fraction of sp³-hybridized carbons (Fsp3) is 0.263. The second-order valence-electron chi connectivity index (χ2n) is 6.16. The molecule has 0 aliphatic heterocycles. The van der Waals surface area contributed by atoms with Crippen LogP contribution in [-0.4, -0.2) is 22.9 Å². The van der Waals surface area contributed by atoms with Crippen molar-refractivity contribution in [2.45, 2.75) is 26.5 Å². The molecular formula is C19H19ClN2O4. The molecule has 1 aromatic heterocycles. The highest BCUT2D eigenvalue weighted by molar-refractivity contribution is 6.31. The molecule has 0 spiro atoms. The van der Waals surface area contributed by atoms with E-state index in [9.17, 15) is 10.0 Å². The minimum absolute atomic E-state index is 0.0192. The Morgan fingerprint density at radius 2 is 1.96 bits per heavy atom. The van der Waals surface area contributed by atoms with E-state index in [0.29, 0.717) is 34.0 Å². The van der Waals surface area contributed by atoms with Gasteiger partial charge in [-0.05, 0) is 54.9 Å². The molecule has 0 unspecified atom stereocenters. The molecular weight excluding hydrogens is 356 g/mol. The number of aromatic hydroxyl groups is 1. The van der Waals surface area contributed by atoms with Gasteiger partial charge in [-0.15, -0.1) is 4.91 Å². The molecule has 0 aliphatic rings. The number of halogens is 1. The van der Waals surface area contributed by atoms with E-state index in [-0.39, 0.29) is 17.7 Å². The van der Waals surface area contributed by atoms with Crippen LogP contribution in [0.3, 0.4) is 0 Å². The van der Waals surface area contributed by atoms with Crippen LogP contribution in [0.2, 0.25) is 5.02 Å². The Balaban J connectivity index is 2.04. The molecule has 0 aliphatic carbocycles. The van der Waals surface area contributed by atoms with Crippen molar-refractivity contribution in [1.29, 1.82) is 0 Å². The molecule has 0 saturated heterocycles. The van der Waals surface area contributed by atoms with Crippen LogP contribution >= 0.6 is 11.6 Å². The molecule has 0 amide bonds. The van der Waals surface area contributed by atoms with Gasteiger partial charge in [0, 0.05) is 10.4 Å². The first-order valence-corrected chi connectivity index (χ1v) is 8.50. The zero-order valence-electron chi connectivity index (χ0n) is 14.7. The lowest BCUT2D eigenvalue weighted by Crippen LogP contribution is -2.07. The van der Waals surface area contributed by atoms with E-state index in [1.807, 2.05) is 32.0 Å². The fourth-order valence-corrected chi connectivity index (χ4v) is 3.06. The monoisotopic (exact) mass is 374 g/mol. The summed E-state index contributed by atoms with van der Waals surface area (Å²) in [5, 5.41) is 14.4. The van der Waals surface area contributed by atoms with Crippen LogP contribution in [0.5, 0.6) is 17.4 Å². The number of rotatable bonds is 6. The van der Waals surface area contributed by atoms with Crippen molar-refractivity contribution in [3.8, 4) is 17.4 Å². The lowest BCUT2D eigenvalue weighted by molar-refractivity contribution is 0.230. The maximum atomic E-state index is 11.2. The van der Waals surface area contributed by atoms with Gasteiger partial charge in [-0.3, -0.25) is 0 Å². The Kier molecular flexibility index (Phi) is 5.04. The SMILES string of the molecule is COc1cc(Cn2c(O)c(N=O)c3cc(Cl)ccc32)ccc1OC(C)C. The third-order valence-electron chi connectivity index (χ3n) is 3.99. The number of benzene rings is 2. The number of aromatic nitrogens is 1. The van der Waals surface area contributed by atoms with Gasteiger partial charge in [0.2, 0.25) is 5.88 Å². The van der Waals surface area contributed by atoms with E-state index in [0.717, 1.165) is 5.56 Å². The summed E-state index contributed by atoms with van der Waals surface area (Å²) in [5.41, 5.74) is 1.52. The first-order valence-electron chi connectivity index (χ1n) is 8.12. The van der Waals surface area contributed by atoms with E-state index in [1.165, 1.54) is 0 Å². The number of fused-ring (bicyclic) bond motifs is 1. The molecule has 136 valence electrons. The molecule has 0 radical (unpaired) electrons. The van der Waals surface area contributed by atoms with Crippen molar-refractivity contribution in [1.82, 2.24) is 4.57 Å². The molecule has 0 saturated carbocycles. The van der Waals surface area contributed by atoms with Gasteiger partial charge >= 0.3 is 0 Å². The van der Waals surface area contributed by atoms with Crippen LogP contribution in [0.25, 0.3) is 10.9 Å². The Bertz CT molecular complexity index is 966. The third-order valence-corrected chi connectivity index (χ3v) is 4.23. The van der Waals surface area contributed by atoms with Crippen molar-refractivity contribution in [3.05, 3.63) is 51.9 Å². The second kappa shape index (κ2) is 7.25. The Hall–Kier alpha value is -2.73. The minimum Gasteiger partial charge on any atom is -0.493 e. The summed E-state index contributed by atoms with van der Waals surface area (Å²) in [6.07, 6.45) is 0.0261. The predicted molar refractivity (Wildman–Crippen MR) is 102 cm³/mol. The highest BCUT2D eigenvalue weighted by atomic mass is 35.5. The molecule has 2 aromatic carbocycles. The van der Waals surface area contributed by atoms with Crippen LogP contribution < -0.4 is 9.47 Å². The van der Waals surface area contributed by atoms with Crippen LogP contribution in [0.4, 0.5) is 5.69 Å². The highest BCUT2D eigenvalue weighted by Crippen LogP contribution is 2.40. The lowest BCUT2D eigenvalue weighted by Gasteiger charge is -2.15. The van der Waals surface area contributed by atoms with Gasteiger partial charge in [-0.25, -0.2) is 0 Å². The number of nitrogens with zero attached hydrogens (tertiary/aromatic N) is 2. The Morgan fingerprint density at radius 1 is 1.19 bits per heavy atom. The van der Waals surface area contributed by atoms with Crippen LogP contribution in [-0.2, 0) is 6.54 Å². The van der Waals surface area contributed by atoms with Crippen molar-refractivity contribution in [2.75, 3.05) is 7.11 Å². The van der Waals surface area contributed by atoms with E-state index >= 15 is 0 Å². The molecule has 3 rings (SSSR count). The van der Waals surface area contributed by atoms with Crippen molar-refractivity contribution in [3.63, 3.8) is 0 Å². The predicted octanol–water partition coefficient (Wildman–Crippen LogP) is 5.24. The summed E-state index contributed by atoms with van der Waals surface area (Å²) in [5.74, 6) is 1.05. The smallest absolute Gasteiger partial charge is 0.222 e. The molecule has 0 fully saturated rings. The van der Waals surface area contributed by atoms with E-state index in [2.05, 4.69) is 5.18 Å². The number of nitroso groups, excluding NO2 is 1. The lowest BCUT2D eigenvalue weighted by atomic mass is 10.2. The molecule has 1 heterocycles. The first-order chi connectivity index (χ1) is 12.4. The molecule has 0 bridgehead atoms. The van der Waals surface area contributed by atoms with Crippen LogP contribution in [0.1, 0.15) is 19.4 Å². The van der Waals surface area contributed by atoms with Gasteiger partial charge in [-0.2, -0.15) is 0 Å². The zero-order chi connectivity index (χ0) is 18.8. The topological polar surface area (TPSA) is 73.0 Å². The normalized spacial score (nSPS) is 11.1. The Morgan fingerprint density at radius 3 is 2.62 bits per heavy atom. The van der Waals surface area contributed by atoms with Gasteiger partial charge < -0.3 is 19.1 Å². The highest BCUT2D eigenvalue weighted by Gasteiger charge is 2.18. The second-order valence-corrected chi connectivity index (χ2v) is 6.60. The quantitative estimate of drug-likeness (QED) is 0.598. The molecule has 1 N–H and O–H groups in total. The minimum atomic E-state index is -0.196. The van der Waals surface area contributed by atoms with Gasteiger partial charge in [0.25, 0.3) is 0 Å². The molecule has 7 heteroatoms. The number of hydrogen-bond donors (Lipinski definition) is 1. The average molecular weight is 375 g/mol. The summed E-state index contributed by atoms with van der Waals surface area (Å²) in [6.45, 7) is 4.21. The van der Waals surface area contributed by atoms with Crippen LogP contribution in [0.15, 0.2) is 41.6 Å². The van der Waals surface area contributed by atoms with Gasteiger partial charge in [-0.1, -0.05) is 17.7 Å². The molecule has 6 nitrogen and oxygen atoms in total. The standard InChI is InChI=1S/C19H19ClN2O4/c1-11(2)26-16-7-4-12(8-17(16)25-3)10-22-15-6-5-13(20)9-14(15)18(21-24)19(22)23/h4-9,11,23H,10H2,1-3H3. The van der Waals surface area contributed by atoms with E-state index in [1.54, 1.807) is 29.9 Å². The maximum absolute atomic E-state index is 11.2. The summed E-state index contributed by atoms with van der Waals surface area (Å²) in [6, 6.07) is 10.6. The summed E-state index contributed by atoms with van der Waals surface area (Å²) >= 11 is 6.00. The number of ether oxygens (including phenoxy) is 2. The van der Waals surface area contributed by atoms with E-state index in [4.69, 9.17) is 21.1 Å². The van der Waals surface area contributed by atoms with Gasteiger partial charge in [0.15, 0.2) is 17.2 Å². The van der Waals surface area contributed by atoms with Crippen molar-refractivity contribution >= 4 is 28.2 Å². The molecule has 26 heavy (non-hydrogen) atoms. The summed E-state index contributed by atoms with van der Waals surface area (Å²) in [4.78, 5) is 11.2. The molecule has 0 atom stereocenters. The van der Waals surface area contributed by atoms with E-state index < -0.39 is 0 Å². The maximum Gasteiger partial charge on any atom is 0.222 e. The van der Waals surface area contributed by atoms with Gasteiger partial charge in [0.05, 0.1) is 25.3 Å². The zero-order valence-corrected chi connectivity index (χ0v) is 15.4. The number of hydrogen-bond acceptors (Lipinski definition) is 5. The average Bonchev–Trinajstić information content (AvgIpc) is 2.86. The van der Waals surface area contributed by atoms with Crippen molar-refractivity contribution in [2.24, 2.45) is 5.18 Å². The summed E-state index contributed by atoms with van der Waals surface area (Å²) < 4.78 is 12.7. The van der Waals surface area contributed by atoms with Gasteiger partial charge in [0.1, 0.15) is 0 Å².